The van der Waals surface area contributed by atoms with Gasteiger partial charge in [-0.05, 0) is 35.9 Å². The molecule has 0 saturated heterocycles. The van der Waals surface area contributed by atoms with Crippen molar-refractivity contribution in [2.75, 3.05) is 5.32 Å². The van der Waals surface area contributed by atoms with Gasteiger partial charge in [-0.1, -0.05) is 12.1 Å². The molecule has 3 rings (SSSR count). The number of rotatable bonds is 4. The third-order valence-electron chi connectivity index (χ3n) is 3.59. The Labute approximate surface area is 142 Å². The van der Waals surface area contributed by atoms with Crippen molar-refractivity contribution in [3.05, 3.63) is 87.9 Å². The molecule has 6 nitrogen and oxygen atoms in total. The number of nitrogens with zero attached hydrogens (tertiary/aromatic N) is 2. The number of hydrogen-bond acceptors (Lipinski definition) is 3. The zero-order chi connectivity index (χ0) is 17.8. The number of nitriles is 1. The Morgan fingerprint density at radius 1 is 1.28 bits per heavy atom. The molecule has 0 radical (unpaired) electrons. The Balaban J connectivity index is 1.81. The quantitative estimate of drug-likeness (QED) is 0.767. The van der Waals surface area contributed by atoms with Crippen LogP contribution in [0.15, 0.2) is 59.7 Å². The minimum absolute atomic E-state index is 0.114. The number of H-pyrrole nitrogens is 1. The number of carbonyl (C=O) groups excluding carboxylic acids is 1. The molecule has 25 heavy (non-hydrogen) atoms. The van der Waals surface area contributed by atoms with Gasteiger partial charge in [0, 0.05) is 12.4 Å². The maximum Gasteiger partial charge on any atom is 0.274 e. The predicted molar refractivity (Wildman–Crippen MR) is 89.7 cm³/mol. The number of anilines is 1. The zero-order valence-corrected chi connectivity index (χ0v) is 13.0. The van der Waals surface area contributed by atoms with Gasteiger partial charge in [0.15, 0.2) is 0 Å². The molecule has 124 valence electrons. The third-order valence-corrected chi connectivity index (χ3v) is 3.59. The van der Waals surface area contributed by atoms with E-state index < -0.39 is 5.91 Å². The van der Waals surface area contributed by atoms with Gasteiger partial charge in [-0.15, -0.1) is 0 Å². The SMILES string of the molecule is N#Cc1c[nH]c(C(=O)Nc2cccn(Cc3ccc(F)cc3)c2=O)c1. The fourth-order valence-corrected chi connectivity index (χ4v) is 2.32. The summed E-state index contributed by atoms with van der Waals surface area (Å²) < 4.78 is 14.4. The van der Waals surface area contributed by atoms with E-state index in [1.807, 2.05) is 6.07 Å². The fourth-order valence-electron chi connectivity index (χ4n) is 2.32. The lowest BCUT2D eigenvalue weighted by Crippen LogP contribution is -2.26. The van der Waals surface area contributed by atoms with Crippen LogP contribution in [0.3, 0.4) is 0 Å². The summed E-state index contributed by atoms with van der Waals surface area (Å²) in [5, 5.41) is 11.3. The van der Waals surface area contributed by atoms with E-state index in [1.165, 1.54) is 35.0 Å². The van der Waals surface area contributed by atoms with Crippen molar-refractivity contribution in [3.8, 4) is 6.07 Å². The number of benzene rings is 1. The Morgan fingerprint density at radius 2 is 2.04 bits per heavy atom. The number of carbonyl (C=O) groups is 1. The van der Waals surface area contributed by atoms with Gasteiger partial charge in [0.25, 0.3) is 11.5 Å². The highest BCUT2D eigenvalue weighted by Crippen LogP contribution is 2.08. The van der Waals surface area contributed by atoms with E-state index in [2.05, 4.69) is 10.3 Å². The van der Waals surface area contributed by atoms with Crippen molar-refractivity contribution in [2.24, 2.45) is 0 Å². The molecule has 7 heteroatoms. The first-order valence-corrected chi connectivity index (χ1v) is 7.40. The minimum Gasteiger partial charge on any atom is -0.356 e. The lowest BCUT2D eigenvalue weighted by molar-refractivity contribution is 0.102. The molecule has 0 bridgehead atoms. The highest BCUT2D eigenvalue weighted by Gasteiger charge is 2.12. The van der Waals surface area contributed by atoms with Crippen molar-refractivity contribution in [1.29, 1.82) is 5.26 Å². The summed E-state index contributed by atoms with van der Waals surface area (Å²) in [6.45, 7) is 0.254. The molecule has 3 aromatic rings. The summed E-state index contributed by atoms with van der Waals surface area (Å²) in [5.74, 6) is -0.863. The average Bonchev–Trinajstić information content (AvgIpc) is 3.09. The standard InChI is InChI=1S/C18H13FN4O2/c19-14-5-3-12(4-6-14)11-23-7-1-2-15(18(23)25)22-17(24)16-8-13(9-20)10-21-16/h1-8,10,21H,11H2,(H,22,24). The largest absolute Gasteiger partial charge is 0.356 e. The van der Waals surface area contributed by atoms with Crippen LogP contribution in [0.1, 0.15) is 21.6 Å². The molecule has 0 atom stereocenters. The van der Waals surface area contributed by atoms with Gasteiger partial charge >= 0.3 is 0 Å². The molecule has 0 aliphatic rings. The number of amides is 1. The molecule has 0 spiro atoms. The van der Waals surface area contributed by atoms with Gasteiger partial charge < -0.3 is 14.9 Å². The van der Waals surface area contributed by atoms with E-state index in [0.717, 1.165) is 5.56 Å². The number of aromatic amines is 1. The molecule has 2 aromatic heterocycles. The summed E-state index contributed by atoms with van der Waals surface area (Å²) in [7, 11) is 0. The summed E-state index contributed by atoms with van der Waals surface area (Å²) >= 11 is 0. The Bertz CT molecular complexity index is 1010. The number of halogens is 1. The lowest BCUT2D eigenvalue weighted by Gasteiger charge is -2.09. The second kappa shape index (κ2) is 6.84. The van der Waals surface area contributed by atoms with Gasteiger partial charge in [-0.25, -0.2) is 4.39 Å². The van der Waals surface area contributed by atoms with Crippen LogP contribution in [0.25, 0.3) is 0 Å². The van der Waals surface area contributed by atoms with Crippen LogP contribution in [0.4, 0.5) is 10.1 Å². The molecular weight excluding hydrogens is 323 g/mol. The monoisotopic (exact) mass is 336 g/mol. The second-order valence-electron chi connectivity index (χ2n) is 5.35. The van der Waals surface area contributed by atoms with E-state index in [-0.39, 0.29) is 29.3 Å². The number of aromatic nitrogens is 2. The summed E-state index contributed by atoms with van der Waals surface area (Å²) in [6.07, 6.45) is 3.00. The first-order valence-electron chi connectivity index (χ1n) is 7.40. The Morgan fingerprint density at radius 3 is 2.72 bits per heavy atom. The van der Waals surface area contributed by atoms with Gasteiger partial charge in [0.1, 0.15) is 23.3 Å². The van der Waals surface area contributed by atoms with E-state index in [9.17, 15) is 14.0 Å². The van der Waals surface area contributed by atoms with Gasteiger partial charge in [-0.2, -0.15) is 5.26 Å². The van der Waals surface area contributed by atoms with Crippen molar-refractivity contribution in [2.45, 2.75) is 6.54 Å². The topological polar surface area (TPSA) is 90.7 Å². The number of nitrogens with one attached hydrogen (secondary N) is 2. The van der Waals surface area contributed by atoms with Crippen LogP contribution < -0.4 is 10.9 Å². The molecule has 1 aromatic carbocycles. The van der Waals surface area contributed by atoms with Gasteiger partial charge in [0.05, 0.1) is 12.1 Å². The van der Waals surface area contributed by atoms with Crippen LogP contribution in [0.5, 0.6) is 0 Å². The molecular formula is C18H13FN4O2. The van der Waals surface area contributed by atoms with Crippen LogP contribution in [0, 0.1) is 17.1 Å². The van der Waals surface area contributed by atoms with Crippen LogP contribution >= 0.6 is 0 Å². The highest BCUT2D eigenvalue weighted by molar-refractivity contribution is 6.03. The molecule has 2 heterocycles. The molecule has 0 fully saturated rings. The summed E-state index contributed by atoms with van der Waals surface area (Å²) in [6, 6.07) is 12.3. The smallest absolute Gasteiger partial charge is 0.274 e. The maximum absolute atomic E-state index is 13.0. The van der Waals surface area contributed by atoms with E-state index >= 15 is 0 Å². The average molecular weight is 336 g/mol. The van der Waals surface area contributed by atoms with Crippen molar-refractivity contribution in [1.82, 2.24) is 9.55 Å². The van der Waals surface area contributed by atoms with Crippen molar-refractivity contribution < 1.29 is 9.18 Å². The zero-order valence-electron chi connectivity index (χ0n) is 13.0. The van der Waals surface area contributed by atoms with Crippen LogP contribution in [-0.2, 0) is 6.54 Å². The number of pyridine rings is 1. The first kappa shape index (κ1) is 16.2. The lowest BCUT2D eigenvalue weighted by atomic mass is 10.2. The van der Waals surface area contributed by atoms with E-state index in [0.29, 0.717) is 5.56 Å². The highest BCUT2D eigenvalue weighted by atomic mass is 19.1. The molecule has 0 aliphatic heterocycles. The predicted octanol–water partition coefficient (Wildman–Crippen LogP) is 2.49. The van der Waals surface area contributed by atoms with Crippen LogP contribution in [-0.4, -0.2) is 15.5 Å². The van der Waals surface area contributed by atoms with E-state index in [4.69, 9.17) is 5.26 Å². The van der Waals surface area contributed by atoms with Crippen molar-refractivity contribution in [3.63, 3.8) is 0 Å². The third kappa shape index (κ3) is 3.64. The van der Waals surface area contributed by atoms with Gasteiger partial charge in [-0.3, -0.25) is 9.59 Å². The first-order chi connectivity index (χ1) is 12.1. The van der Waals surface area contributed by atoms with Gasteiger partial charge in [0.2, 0.25) is 0 Å². The molecule has 1 amide bonds. The second-order valence-corrected chi connectivity index (χ2v) is 5.35. The summed E-state index contributed by atoms with van der Waals surface area (Å²) in [4.78, 5) is 27.3. The molecule has 0 saturated carbocycles. The normalized spacial score (nSPS) is 10.2. The van der Waals surface area contributed by atoms with Crippen LogP contribution in [0.2, 0.25) is 0 Å². The Hall–Kier alpha value is -3.66. The number of hydrogen-bond donors (Lipinski definition) is 2. The van der Waals surface area contributed by atoms with E-state index in [1.54, 1.807) is 24.4 Å². The fraction of sp³-hybridized carbons (Fsp3) is 0.0556. The minimum atomic E-state index is -0.516. The maximum atomic E-state index is 13.0. The molecule has 0 unspecified atom stereocenters. The summed E-state index contributed by atoms with van der Waals surface area (Å²) in [5.41, 5.74) is 1.00. The molecule has 0 aliphatic carbocycles. The molecule has 2 N–H and O–H groups in total. The Kier molecular flexibility index (Phi) is 4.44. The van der Waals surface area contributed by atoms with Crippen molar-refractivity contribution >= 4 is 11.6 Å².